The molecule has 0 atom stereocenters. The van der Waals surface area contributed by atoms with Crippen LogP contribution >= 0.6 is 0 Å². The van der Waals surface area contributed by atoms with E-state index in [1.165, 1.54) is 0 Å². The van der Waals surface area contributed by atoms with E-state index in [2.05, 4.69) is 10.6 Å². The number of nitrogens with two attached hydrogens (primary N) is 1. The maximum Gasteiger partial charge on any atom is 0.268 e. The highest BCUT2D eigenvalue weighted by atomic mass is 16.2. The number of benzene rings is 3. The van der Waals surface area contributed by atoms with E-state index in [4.69, 9.17) is 5.73 Å². The van der Waals surface area contributed by atoms with Crippen molar-refractivity contribution in [1.29, 1.82) is 0 Å². The van der Waals surface area contributed by atoms with Crippen molar-refractivity contribution >= 4 is 23.6 Å². The number of amides is 2. The third kappa shape index (κ3) is 5.94. The summed E-state index contributed by atoms with van der Waals surface area (Å²) in [5.74, 6) is -0.760. The third-order valence-corrected chi connectivity index (χ3v) is 4.37. The average molecular weight is 397 g/mol. The number of allylic oxidation sites excluding steroid dienone is 2. The predicted molar refractivity (Wildman–Crippen MR) is 120 cm³/mol. The Morgan fingerprint density at radius 1 is 0.833 bits per heavy atom. The average Bonchev–Trinajstić information content (AvgIpc) is 2.79. The Labute approximate surface area is 175 Å². The number of para-hydroxylation sites is 1. The molecule has 0 bridgehead atoms. The maximum absolute atomic E-state index is 12.8. The van der Waals surface area contributed by atoms with Crippen LogP contribution in [0.5, 0.6) is 0 Å². The molecule has 0 aliphatic heterocycles. The first-order chi connectivity index (χ1) is 14.6. The lowest BCUT2D eigenvalue weighted by Crippen LogP contribution is -2.34. The summed E-state index contributed by atoms with van der Waals surface area (Å²) in [4.78, 5) is 25.3. The number of nitrogen functional groups attached to an aromatic ring is 1. The molecular formula is C25H23N3O2. The van der Waals surface area contributed by atoms with Crippen molar-refractivity contribution in [3.8, 4) is 0 Å². The molecule has 0 spiro atoms. The van der Waals surface area contributed by atoms with Crippen LogP contribution in [-0.4, -0.2) is 11.8 Å². The Balaban J connectivity index is 1.76. The molecule has 150 valence electrons. The van der Waals surface area contributed by atoms with Crippen molar-refractivity contribution in [2.75, 3.05) is 5.73 Å². The first kappa shape index (κ1) is 20.6. The Bertz CT molecular complexity index is 1060. The fourth-order valence-electron chi connectivity index (χ4n) is 2.74. The zero-order chi connectivity index (χ0) is 21.2. The largest absolute Gasteiger partial charge is 0.398 e. The number of carbonyl (C=O) groups is 2. The van der Waals surface area contributed by atoms with Crippen molar-refractivity contribution in [1.82, 2.24) is 10.6 Å². The van der Waals surface area contributed by atoms with Crippen LogP contribution in [-0.2, 0) is 11.3 Å². The van der Waals surface area contributed by atoms with Gasteiger partial charge in [-0.2, -0.15) is 0 Å². The normalized spacial score (nSPS) is 11.3. The Kier molecular flexibility index (Phi) is 7.17. The first-order valence-electron chi connectivity index (χ1n) is 9.55. The van der Waals surface area contributed by atoms with Crippen LogP contribution in [0.1, 0.15) is 21.5 Å². The second kappa shape index (κ2) is 10.4. The number of hydrogen-bond acceptors (Lipinski definition) is 3. The van der Waals surface area contributed by atoms with Gasteiger partial charge in [-0.05, 0) is 35.4 Å². The third-order valence-electron chi connectivity index (χ3n) is 4.37. The summed E-state index contributed by atoms with van der Waals surface area (Å²) < 4.78 is 0. The van der Waals surface area contributed by atoms with Gasteiger partial charge in [-0.3, -0.25) is 9.59 Å². The van der Waals surface area contributed by atoms with Crippen LogP contribution < -0.4 is 16.4 Å². The number of carbonyl (C=O) groups excluding carboxylic acids is 2. The van der Waals surface area contributed by atoms with Gasteiger partial charge >= 0.3 is 0 Å². The number of anilines is 1. The fraction of sp³-hybridized carbons (Fsp3) is 0.0400. The molecule has 3 aromatic rings. The lowest BCUT2D eigenvalue weighted by Gasteiger charge is -2.11. The van der Waals surface area contributed by atoms with E-state index in [9.17, 15) is 9.59 Å². The van der Waals surface area contributed by atoms with Crippen molar-refractivity contribution in [3.63, 3.8) is 0 Å². The van der Waals surface area contributed by atoms with Gasteiger partial charge in [-0.25, -0.2) is 0 Å². The van der Waals surface area contributed by atoms with E-state index in [1.54, 1.807) is 42.5 Å². The van der Waals surface area contributed by atoms with Gasteiger partial charge in [-0.15, -0.1) is 0 Å². The van der Waals surface area contributed by atoms with Crippen molar-refractivity contribution in [2.45, 2.75) is 6.54 Å². The van der Waals surface area contributed by atoms with E-state index in [1.807, 2.05) is 60.7 Å². The van der Waals surface area contributed by atoms with Crippen LogP contribution in [0.2, 0.25) is 0 Å². The summed E-state index contributed by atoms with van der Waals surface area (Å²) in [6.07, 6.45) is 5.17. The summed E-state index contributed by atoms with van der Waals surface area (Å²) in [7, 11) is 0. The van der Waals surface area contributed by atoms with Crippen molar-refractivity contribution < 1.29 is 9.59 Å². The molecule has 5 nitrogen and oxygen atoms in total. The lowest BCUT2D eigenvalue weighted by atomic mass is 10.1. The van der Waals surface area contributed by atoms with Crippen LogP contribution in [0.25, 0.3) is 6.08 Å². The molecule has 2 amide bonds. The van der Waals surface area contributed by atoms with Gasteiger partial charge in [0.15, 0.2) is 0 Å². The topological polar surface area (TPSA) is 84.2 Å². The molecule has 0 fully saturated rings. The smallest absolute Gasteiger partial charge is 0.268 e. The standard InChI is InChI=1S/C25H23N3O2/c26-22-16-8-7-15-21(22)18-27-25(30)23(17-9-12-19-10-3-1-4-11-19)28-24(29)20-13-5-2-6-14-20/h1-17H,18,26H2,(H,27,30)(H,28,29). The molecule has 5 heteroatoms. The molecule has 0 saturated carbocycles. The lowest BCUT2D eigenvalue weighted by molar-refractivity contribution is -0.117. The Morgan fingerprint density at radius 2 is 1.47 bits per heavy atom. The van der Waals surface area contributed by atoms with Gasteiger partial charge in [0.2, 0.25) is 0 Å². The van der Waals surface area contributed by atoms with Crippen LogP contribution in [0.15, 0.2) is 103 Å². The fourth-order valence-corrected chi connectivity index (χ4v) is 2.74. The van der Waals surface area contributed by atoms with Gasteiger partial charge in [0.1, 0.15) is 5.70 Å². The quantitative estimate of drug-likeness (QED) is 0.321. The molecule has 0 radical (unpaired) electrons. The molecule has 4 N–H and O–H groups in total. The zero-order valence-corrected chi connectivity index (χ0v) is 16.4. The molecule has 30 heavy (non-hydrogen) atoms. The summed E-state index contributed by atoms with van der Waals surface area (Å²) >= 11 is 0. The molecule has 0 saturated heterocycles. The van der Waals surface area contributed by atoms with Crippen molar-refractivity contribution in [2.24, 2.45) is 0 Å². The van der Waals surface area contributed by atoms with Crippen LogP contribution in [0, 0.1) is 0 Å². The summed E-state index contributed by atoms with van der Waals surface area (Å²) in [6, 6.07) is 25.7. The van der Waals surface area contributed by atoms with Gasteiger partial charge in [0.25, 0.3) is 11.8 Å². The molecule has 3 aromatic carbocycles. The highest BCUT2D eigenvalue weighted by Gasteiger charge is 2.14. The maximum atomic E-state index is 12.8. The molecular weight excluding hydrogens is 374 g/mol. The first-order valence-corrected chi connectivity index (χ1v) is 9.55. The van der Waals surface area contributed by atoms with Gasteiger partial charge in [0.05, 0.1) is 0 Å². The van der Waals surface area contributed by atoms with E-state index in [0.29, 0.717) is 11.3 Å². The second-order valence-electron chi connectivity index (χ2n) is 6.55. The van der Waals surface area contributed by atoms with Crippen LogP contribution in [0.3, 0.4) is 0 Å². The highest BCUT2D eigenvalue weighted by Crippen LogP contribution is 2.10. The second-order valence-corrected chi connectivity index (χ2v) is 6.55. The molecule has 0 aliphatic carbocycles. The minimum Gasteiger partial charge on any atom is -0.398 e. The number of nitrogens with one attached hydrogen (secondary N) is 2. The zero-order valence-electron chi connectivity index (χ0n) is 16.4. The predicted octanol–water partition coefficient (Wildman–Crippen LogP) is 3.91. The van der Waals surface area contributed by atoms with Gasteiger partial charge in [-0.1, -0.05) is 78.9 Å². The minimum absolute atomic E-state index is 0.144. The highest BCUT2D eigenvalue weighted by molar-refractivity contribution is 6.03. The number of rotatable bonds is 7. The molecule has 0 heterocycles. The van der Waals surface area contributed by atoms with E-state index in [-0.39, 0.29) is 18.1 Å². The monoisotopic (exact) mass is 397 g/mol. The summed E-state index contributed by atoms with van der Waals surface area (Å²) in [5.41, 5.74) is 8.94. The molecule has 0 aromatic heterocycles. The van der Waals surface area contributed by atoms with E-state index in [0.717, 1.165) is 11.1 Å². The SMILES string of the molecule is Nc1ccccc1CNC(=O)C(=CC=Cc1ccccc1)NC(=O)c1ccccc1. The van der Waals surface area contributed by atoms with Crippen LogP contribution in [0.4, 0.5) is 5.69 Å². The summed E-state index contributed by atoms with van der Waals surface area (Å²) in [6.45, 7) is 0.256. The number of hydrogen-bond donors (Lipinski definition) is 3. The minimum atomic E-state index is -0.403. The Morgan fingerprint density at radius 3 is 2.17 bits per heavy atom. The van der Waals surface area contributed by atoms with E-state index < -0.39 is 5.91 Å². The van der Waals surface area contributed by atoms with E-state index >= 15 is 0 Å². The molecule has 3 rings (SSSR count). The molecule has 0 aliphatic rings. The van der Waals surface area contributed by atoms with Gasteiger partial charge in [0, 0.05) is 17.8 Å². The Hall–Kier alpha value is -4.12. The summed E-state index contributed by atoms with van der Waals surface area (Å²) in [5, 5.41) is 5.51. The van der Waals surface area contributed by atoms with Gasteiger partial charge < -0.3 is 16.4 Å². The molecule has 0 unspecified atom stereocenters. The van der Waals surface area contributed by atoms with Crippen molar-refractivity contribution in [3.05, 3.63) is 119 Å².